The lowest BCUT2D eigenvalue weighted by molar-refractivity contribution is -0.154. The molecule has 0 spiro atoms. The molecule has 1 aromatic carbocycles. The molecule has 5 heteroatoms. The minimum Gasteiger partial charge on any atom is -0.351 e. The molecule has 1 atom stereocenters. The predicted molar refractivity (Wildman–Crippen MR) is 70.3 cm³/mol. The Morgan fingerprint density at radius 3 is 2.39 bits per heavy atom. The van der Waals surface area contributed by atoms with Gasteiger partial charge in [0, 0.05) is 18.2 Å². The fourth-order valence-electron chi connectivity index (χ4n) is 1.76. The predicted octanol–water partition coefficient (Wildman–Crippen LogP) is 3.14. The second kappa shape index (κ2) is 7.69. The first-order chi connectivity index (χ1) is 8.63. The normalized spacial score (nSPS) is 13.0. The number of halogens is 2. The molecule has 0 aliphatic heterocycles. The third-order valence-corrected chi connectivity index (χ3v) is 2.88. The van der Waals surface area contributed by atoms with Gasteiger partial charge < -0.3 is 14.8 Å². The lowest BCUT2D eigenvalue weighted by Crippen LogP contribution is -2.34. The summed E-state index contributed by atoms with van der Waals surface area (Å²) >= 11 is 6.10. The van der Waals surface area contributed by atoms with E-state index in [-0.39, 0.29) is 11.9 Å². The molecule has 1 N–H and O–H groups in total. The van der Waals surface area contributed by atoms with Gasteiger partial charge >= 0.3 is 0 Å². The average molecular weight is 276 g/mol. The number of hydrogen-bond acceptors (Lipinski definition) is 3. The van der Waals surface area contributed by atoms with Crippen LogP contribution in [0.15, 0.2) is 18.2 Å². The first-order valence-corrected chi connectivity index (χ1v) is 6.37. The van der Waals surface area contributed by atoms with Crippen LogP contribution in [0.2, 0.25) is 5.02 Å². The summed E-state index contributed by atoms with van der Waals surface area (Å²) < 4.78 is 24.3. The van der Waals surface area contributed by atoms with Crippen LogP contribution >= 0.6 is 11.6 Å². The van der Waals surface area contributed by atoms with E-state index in [1.807, 2.05) is 13.8 Å². The Morgan fingerprint density at radius 1 is 1.28 bits per heavy atom. The number of hydrogen-bond donors (Lipinski definition) is 1. The minimum absolute atomic E-state index is 0.312. The number of benzene rings is 1. The lowest BCUT2D eigenvalue weighted by Gasteiger charge is -2.27. The summed E-state index contributed by atoms with van der Waals surface area (Å²) in [6.45, 7) is 4.78. The first-order valence-electron chi connectivity index (χ1n) is 5.99. The molecule has 102 valence electrons. The van der Waals surface area contributed by atoms with Crippen molar-refractivity contribution in [2.45, 2.75) is 26.2 Å². The van der Waals surface area contributed by atoms with Gasteiger partial charge in [-0.2, -0.15) is 0 Å². The quantitative estimate of drug-likeness (QED) is 0.776. The van der Waals surface area contributed by atoms with Crippen LogP contribution in [-0.2, 0) is 9.47 Å². The van der Waals surface area contributed by atoms with E-state index >= 15 is 0 Å². The molecular weight excluding hydrogens is 257 g/mol. The van der Waals surface area contributed by atoms with Crippen LogP contribution in [0, 0.1) is 5.82 Å². The molecule has 18 heavy (non-hydrogen) atoms. The lowest BCUT2D eigenvalue weighted by atomic mass is 10.1. The average Bonchev–Trinajstić information content (AvgIpc) is 2.35. The summed E-state index contributed by atoms with van der Waals surface area (Å²) in [5, 5.41) is 3.54. The molecule has 0 saturated carbocycles. The molecule has 1 unspecified atom stereocenters. The van der Waals surface area contributed by atoms with E-state index < -0.39 is 6.29 Å². The molecule has 3 nitrogen and oxygen atoms in total. The van der Waals surface area contributed by atoms with E-state index in [0.29, 0.717) is 23.8 Å². The molecule has 0 radical (unpaired) electrons. The zero-order chi connectivity index (χ0) is 13.5. The summed E-state index contributed by atoms with van der Waals surface area (Å²) in [6.07, 6.45) is -0.496. The molecule has 0 saturated heterocycles. The Balaban J connectivity index is 3.01. The second-order valence-corrected chi connectivity index (χ2v) is 4.12. The van der Waals surface area contributed by atoms with E-state index in [1.165, 1.54) is 18.2 Å². The summed E-state index contributed by atoms with van der Waals surface area (Å²) in [4.78, 5) is 0. The van der Waals surface area contributed by atoms with E-state index in [1.54, 1.807) is 7.05 Å². The van der Waals surface area contributed by atoms with Gasteiger partial charge in [-0.3, -0.25) is 0 Å². The Hall–Kier alpha value is -0.680. The molecule has 0 aliphatic carbocycles. The van der Waals surface area contributed by atoms with Crippen molar-refractivity contribution in [3.05, 3.63) is 34.6 Å². The van der Waals surface area contributed by atoms with E-state index in [4.69, 9.17) is 21.1 Å². The second-order valence-electron chi connectivity index (χ2n) is 3.71. The highest BCUT2D eigenvalue weighted by molar-refractivity contribution is 6.31. The van der Waals surface area contributed by atoms with Gasteiger partial charge in [0.2, 0.25) is 0 Å². The van der Waals surface area contributed by atoms with Gasteiger partial charge in [0.1, 0.15) is 5.82 Å². The maximum Gasteiger partial charge on any atom is 0.176 e. The summed E-state index contributed by atoms with van der Waals surface area (Å²) in [6, 6.07) is 3.95. The summed E-state index contributed by atoms with van der Waals surface area (Å²) in [5.41, 5.74) is 0.631. The zero-order valence-corrected chi connectivity index (χ0v) is 11.6. The third kappa shape index (κ3) is 3.92. The Kier molecular flexibility index (Phi) is 6.57. The van der Waals surface area contributed by atoms with E-state index in [0.717, 1.165) is 0 Å². The van der Waals surface area contributed by atoms with Gasteiger partial charge in [-0.05, 0) is 44.7 Å². The fraction of sp³-hybridized carbons (Fsp3) is 0.538. The minimum atomic E-state index is -0.496. The summed E-state index contributed by atoms with van der Waals surface area (Å²) in [7, 11) is 1.76. The maximum absolute atomic E-state index is 13.3. The highest BCUT2D eigenvalue weighted by atomic mass is 35.5. The number of ether oxygens (including phenoxy) is 2. The first kappa shape index (κ1) is 15.4. The topological polar surface area (TPSA) is 30.5 Å². The molecular formula is C13H19ClFNO2. The highest BCUT2D eigenvalue weighted by Crippen LogP contribution is 2.27. The van der Waals surface area contributed by atoms with Gasteiger partial charge in [0.25, 0.3) is 0 Å². The van der Waals surface area contributed by atoms with Crippen LogP contribution in [0.4, 0.5) is 4.39 Å². The Labute approximate surface area is 112 Å². The SMILES string of the molecule is CCOC(OCC)C(NC)c1cc(F)ccc1Cl. The fourth-order valence-corrected chi connectivity index (χ4v) is 2.00. The van der Waals surface area contributed by atoms with Gasteiger partial charge in [-0.25, -0.2) is 4.39 Å². The zero-order valence-electron chi connectivity index (χ0n) is 10.9. The highest BCUT2D eigenvalue weighted by Gasteiger charge is 2.25. The van der Waals surface area contributed by atoms with Gasteiger partial charge in [-0.1, -0.05) is 11.6 Å². The summed E-state index contributed by atoms with van der Waals surface area (Å²) in [5.74, 6) is -0.332. The van der Waals surface area contributed by atoms with Crippen molar-refractivity contribution < 1.29 is 13.9 Å². The van der Waals surface area contributed by atoms with Crippen LogP contribution < -0.4 is 5.32 Å². The molecule has 1 aromatic rings. The van der Waals surface area contributed by atoms with Gasteiger partial charge in [0.15, 0.2) is 6.29 Å². The van der Waals surface area contributed by atoms with Crippen molar-refractivity contribution >= 4 is 11.6 Å². The molecule has 0 aromatic heterocycles. The molecule has 0 amide bonds. The monoisotopic (exact) mass is 275 g/mol. The van der Waals surface area contributed by atoms with Gasteiger partial charge in [0.05, 0.1) is 6.04 Å². The van der Waals surface area contributed by atoms with Crippen LogP contribution in [0.5, 0.6) is 0 Å². The third-order valence-electron chi connectivity index (χ3n) is 2.54. The van der Waals surface area contributed by atoms with E-state index in [9.17, 15) is 4.39 Å². The molecule has 0 fully saturated rings. The number of nitrogens with one attached hydrogen (secondary N) is 1. The smallest absolute Gasteiger partial charge is 0.176 e. The Bertz CT molecular complexity index is 370. The van der Waals surface area contributed by atoms with Crippen molar-refractivity contribution in [1.29, 1.82) is 0 Å². The van der Waals surface area contributed by atoms with Gasteiger partial charge in [-0.15, -0.1) is 0 Å². The number of rotatable bonds is 7. The Morgan fingerprint density at radius 2 is 1.89 bits per heavy atom. The van der Waals surface area contributed by atoms with Crippen molar-refractivity contribution in [3.8, 4) is 0 Å². The molecule has 0 bridgehead atoms. The van der Waals surface area contributed by atoms with Crippen LogP contribution in [0.1, 0.15) is 25.5 Å². The van der Waals surface area contributed by atoms with Crippen molar-refractivity contribution in [3.63, 3.8) is 0 Å². The van der Waals surface area contributed by atoms with Crippen LogP contribution in [0.3, 0.4) is 0 Å². The maximum atomic E-state index is 13.3. The van der Waals surface area contributed by atoms with Crippen LogP contribution in [0.25, 0.3) is 0 Å². The molecule has 0 aliphatic rings. The largest absolute Gasteiger partial charge is 0.351 e. The standard InChI is InChI=1S/C13H19ClFNO2/c1-4-17-13(18-5-2)12(16-3)10-8-9(15)6-7-11(10)14/h6-8,12-13,16H,4-5H2,1-3H3. The van der Waals surface area contributed by atoms with E-state index in [2.05, 4.69) is 5.32 Å². The molecule has 1 rings (SSSR count). The van der Waals surface area contributed by atoms with Crippen LogP contribution in [-0.4, -0.2) is 26.6 Å². The van der Waals surface area contributed by atoms with Crippen molar-refractivity contribution in [2.75, 3.05) is 20.3 Å². The van der Waals surface area contributed by atoms with Crippen molar-refractivity contribution in [1.82, 2.24) is 5.32 Å². The number of likely N-dealkylation sites (N-methyl/N-ethyl adjacent to an activating group) is 1. The molecule has 0 heterocycles. The van der Waals surface area contributed by atoms with Crippen molar-refractivity contribution in [2.24, 2.45) is 0 Å².